The highest BCUT2D eigenvalue weighted by Gasteiger charge is 2.28. The molecule has 0 amide bonds. The number of hydrogen-bond acceptors (Lipinski definition) is 2. The number of rotatable bonds is 1. The van der Waals surface area contributed by atoms with Gasteiger partial charge >= 0.3 is 0 Å². The molecule has 0 radical (unpaired) electrons. The normalized spacial score (nSPS) is 10.9. The minimum atomic E-state index is -2.29. The molecule has 2 aromatic rings. The number of hydrogen-bond donors (Lipinski definition) is 2. The minimum absolute atomic E-state index is 0.572. The Hall–Kier alpha value is -2.38. The first-order valence-electron chi connectivity index (χ1n) is 4.99. The standard InChI is InChI=1S/C12H4F6O2/c13-6-3(1-2-4(19)7(6)14)5-8(15)9(16)10(17)11(18)12(5)20/h1-2,19-20H. The molecule has 0 heterocycles. The zero-order valence-electron chi connectivity index (χ0n) is 9.32. The predicted molar refractivity (Wildman–Crippen MR) is 55.0 cm³/mol. The Bertz CT molecular complexity index is 685. The van der Waals surface area contributed by atoms with E-state index in [1.165, 1.54) is 0 Å². The van der Waals surface area contributed by atoms with Gasteiger partial charge in [-0.2, -0.15) is 8.78 Å². The molecule has 0 aliphatic heterocycles. The van der Waals surface area contributed by atoms with Gasteiger partial charge in [-0.3, -0.25) is 0 Å². The van der Waals surface area contributed by atoms with E-state index in [1.54, 1.807) is 0 Å². The molecular formula is C12H4F6O2. The Labute approximate surface area is 107 Å². The van der Waals surface area contributed by atoms with E-state index in [0.717, 1.165) is 0 Å². The van der Waals surface area contributed by atoms with Gasteiger partial charge in [-0.15, -0.1) is 0 Å². The molecule has 20 heavy (non-hydrogen) atoms. The topological polar surface area (TPSA) is 40.5 Å². The maximum atomic E-state index is 13.5. The van der Waals surface area contributed by atoms with Crippen molar-refractivity contribution in [3.05, 3.63) is 47.0 Å². The summed E-state index contributed by atoms with van der Waals surface area (Å²) < 4.78 is 79.2. The lowest BCUT2D eigenvalue weighted by molar-refractivity contribution is 0.366. The summed E-state index contributed by atoms with van der Waals surface area (Å²) >= 11 is 0. The first-order chi connectivity index (χ1) is 9.27. The van der Waals surface area contributed by atoms with Gasteiger partial charge in [0, 0.05) is 5.56 Å². The van der Waals surface area contributed by atoms with Crippen molar-refractivity contribution >= 4 is 0 Å². The molecule has 0 fully saturated rings. The van der Waals surface area contributed by atoms with Crippen molar-refractivity contribution < 1.29 is 36.6 Å². The molecule has 2 aromatic carbocycles. The van der Waals surface area contributed by atoms with Crippen molar-refractivity contribution in [3.8, 4) is 22.6 Å². The number of aromatic hydroxyl groups is 2. The van der Waals surface area contributed by atoms with E-state index in [1.807, 2.05) is 0 Å². The third-order valence-electron chi connectivity index (χ3n) is 2.57. The Kier molecular flexibility index (Phi) is 3.24. The molecule has 106 valence electrons. The van der Waals surface area contributed by atoms with Crippen molar-refractivity contribution in [2.45, 2.75) is 0 Å². The first kappa shape index (κ1) is 14.0. The number of halogens is 6. The zero-order chi connectivity index (χ0) is 15.2. The van der Waals surface area contributed by atoms with Gasteiger partial charge in [0.05, 0.1) is 5.56 Å². The SMILES string of the molecule is Oc1ccc(-c2c(O)c(F)c(F)c(F)c2F)c(F)c1F. The van der Waals surface area contributed by atoms with Crippen LogP contribution in [0.4, 0.5) is 26.3 Å². The van der Waals surface area contributed by atoms with Crippen molar-refractivity contribution in [1.82, 2.24) is 0 Å². The third-order valence-corrected chi connectivity index (χ3v) is 2.57. The summed E-state index contributed by atoms with van der Waals surface area (Å²) in [6.07, 6.45) is 0. The quantitative estimate of drug-likeness (QED) is 0.479. The van der Waals surface area contributed by atoms with Gasteiger partial charge in [0.1, 0.15) is 0 Å². The number of benzene rings is 2. The van der Waals surface area contributed by atoms with Crippen LogP contribution < -0.4 is 0 Å². The lowest BCUT2D eigenvalue weighted by Crippen LogP contribution is -2.02. The Morgan fingerprint density at radius 3 is 1.75 bits per heavy atom. The Morgan fingerprint density at radius 1 is 0.600 bits per heavy atom. The fourth-order valence-electron chi connectivity index (χ4n) is 1.60. The molecule has 2 N–H and O–H groups in total. The van der Waals surface area contributed by atoms with E-state index < -0.39 is 57.5 Å². The van der Waals surface area contributed by atoms with E-state index in [9.17, 15) is 31.4 Å². The van der Waals surface area contributed by atoms with Crippen LogP contribution in [0.2, 0.25) is 0 Å². The summed E-state index contributed by atoms with van der Waals surface area (Å²) in [6, 6.07) is 1.15. The zero-order valence-corrected chi connectivity index (χ0v) is 9.32. The van der Waals surface area contributed by atoms with E-state index in [2.05, 4.69) is 0 Å². The van der Waals surface area contributed by atoms with Gasteiger partial charge in [0.15, 0.2) is 29.0 Å². The van der Waals surface area contributed by atoms with Gasteiger partial charge in [0.25, 0.3) is 0 Å². The molecule has 0 unspecified atom stereocenters. The molecule has 0 aliphatic carbocycles. The third kappa shape index (κ3) is 1.84. The summed E-state index contributed by atoms with van der Waals surface area (Å²) in [6.45, 7) is 0. The largest absolute Gasteiger partial charge is 0.505 e. The van der Waals surface area contributed by atoms with Gasteiger partial charge in [-0.05, 0) is 12.1 Å². The van der Waals surface area contributed by atoms with Crippen LogP contribution in [0.5, 0.6) is 11.5 Å². The maximum Gasteiger partial charge on any atom is 0.204 e. The van der Waals surface area contributed by atoms with Gasteiger partial charge in [-0.1, -0.05) is 0 Å². The van der Waals surface area contributed by atoms with Gasteiger partial charge < -0.3 is 10.2 Å². The molecule has 2 rings (SSSR count). The average Bonchev–Trinajstić information content (AvgIpc) is 2.43. The first-order valence-corrected chi connectivity index (χ1v) is 4.99. The fourth-order valence-corrected chi connectivity index (χ4v) is 1.60. The van der Waals surface area contributed by atoms with Gasteiger partial charge in [0.2, 0.25) is 17.5 Å². The van der Waals surface area contributed by atoms with Crippen LogP contribution in [0.1, 0.15) is 0 Å². The maximum absolute atomic E-state index is 13.5. The Morgan fingerprint density at radius 2 is 1.15 bits per heavy atom. The molecule has 0 spiro atoms. The van der Waals surface area contributed by atoms with Crippen molar-refractivity contribution in [2.24, 2.45) is 0 Å². The van der Waals surface area contributed by atoms with Crippen LogP contribution in [0.15, 0.2) is 12.1 Å². The Balaban J connectivity index is 2.87. The lowest BCUT2D eigenvalue weighted by Gasteiger charge is -2.11. The van der Waals surface area contributed by atoms with Crippen LogP contribution in [0, 0.1) is 34.9 Å². The molecular weight excluding hydrogens is 290 g/mol. The molecule has 0 aromatic heterocycles. The summed E-state index contributed by atoms with van der Waals surface area (Å²) in [5.41, 5.74) is -2.47. The summed E-state index contributed by atoms with van der Waals surface area (Å²) in [4.78, 5) is 0. The van der Waals surface area contributed by atoms with Crippen LogP contribution in [-0.2, 0) is 0 Å². The summed E-state index contributed by atoms with van der Waals surface area (Å²) in [7, 11) is 0. The number of phenolic OH excluding ortho intramolecular Hbond substituents is 2. The van der Waals surface area contributed by atoms with Crippen molar-refractivity contribution in [1.29, 1.82) is 0 Å². The van der Waals surface area contributed by atoms with Crippen LogP contribution in [-0.4, -0.2) is 10.2 Å². The molecule has 0 aliphatic rings. The highest BCUT2D eigenvalue weighted by molar-refractivity contribution is 5.72. The molecule has 0 atom stereocenters. The molecule has 0 bridgehead atoms. The monoisotopic (exact) mass is 294 g/mol. The second-order valence-corrected chi connectivity index (χ2v) is 3.74. The fraction of sp³-hybridized carbons (Fsp3) is 0. The number of phenols is 2. The van der Waals surface area contributed by atoms with E-state index >= 15 is 0 Å². The summed E-state index contributed by atoms with van der Waals surface area (Å²) in [5, 5.41) is 18.1. The van der Waals surface area contributed by atoms with Crippen molar-refractivity contribution in [2.75, 3.05) is 0 Å². The minimum Gasteiger partial charge on any atom is -0.505 e. The predicted octanol–water partition coefficient (Wildman–Crippen LogP) is 3.60. The molecule has 0 saturated carbocycles. The second-order valence-electron chi connectivity index (χ2n) is 3.74. The van der Waals surface area contributed by atoms with Crippen LogP contribution in [0.25, 0.3) is 11.1 Å². The summed E-state index contributed by atoms with van der Waals surface area (Å²) in [5.74, 6) is -15.3. The highest BCUT2D eigenvalue weighted by atomic mass is 19.2. The average molecular weight is 294 g/mol. The molecule has 2 nitrogen and oxygen atoms in total. The van der Waals surface area contributed by atoms with Gasteiger partial charge in [-0.25, -0.2) is 17.6 Å². The highest BCUT2D eigenvalue weighted by Crippen LogP contribution is 2.39. The lowest BCUT2D eigenvalue weighted by atomic mass is 10.0. The van der Waals surface area contributed by atoms with E-state index in [-0.39, 0.29) is 0 Å². The van der Waals surface area contributed by atoms with Crippen LogP contribution in [0.3, 0.4) is 0 Å². The molecule has 8 heteroatoms. The van der Waals surface area contributed by atoms with Crippen LogP contribution >= 0.6 is 0 Å². The van der Waals surface area contributed by atoms with E-state index in [0.29, 0.717) is 12.1 Å². The van der Waals surface area contributed by atoms with Crippen molar-refractivity contribution in [3.63, 3.8) is 0 Å². The molecule has 0 saturated heterocycles. The smallest absolute Gasteiger partial charge is 0.204 e. The van der Waals surface area contributed by atoms with E-state index in [4.69, 9.17) is 5.11 Å². The second kappa shape index (κ2) is 4.62.